The molecule has 0 spiro atoms. The van der Waals surface area contributed by atoms with Gasteiger partial charge in [-0.05, 0) is 25.5 Å². The summed E-state index contributed by atoms with van der Waals surface area (Å²) < 4.78 is 25.6. The molecule has 0 saturated carbocycles. The molecule has 0 aromatic heterocycles. The highest BCUT2D eigenvalue weighted by molar-refractivity contribution is 6.20. The Balaban J connectivity index is 2.59. The van der Waals surface area contributed by atoms with Crippen molar-refractivity contribution >= 4 is 17.5 Å². The van der Waals surface area contributed by atoms with E-state index >= 15 is 0 Å². The summed E-state index contributed by atoms with van der Waals surface area (Å²) in [5.41, 5.74) is -0.0280. The molecule has 1 aromatic carbocycles. The van der Waals surface area contributed by atoms with Gasteiger partial charge in [-0.1, -0.05) is 0 Å². The van der Waals surface area contributed by atoms with E-state index in [1.807, 2.05) is 0 Å². The molecule has 16 heavy (non-hydrogen) atoms. The lowest BCUT2D eigenvalue weighted by Crippen LogP contribution is -2.25. The Labute approximate surface area is 97.6 Å². The van der Waals surface area contributed by atoms with E-state index in [2.05, 4.69) is 5.32 Å². The lowest BCUT2D eigenvalue weighted by molar-refractivity contribution is 0.0952. The molecule has 0 aliphatic rings. The summed E-state index contributed by atoms with van der Waals surface area (Å²) in [5.74, 6) is -2.04. The van der Waals surface area contributed by atoms with Crippen LogP contribution in [0.2, 0.25) is 0 Å². The molecule has 5 heteroatoms. The number of hydrogen-bond donors (Lipinski definition) is 1. The maximum atomic E-state index is 12.8. The molecule has 88 valence electrons. The van der Waals surface area contributed by atoms with Gasteiger partial charge in [-0.3, -0.25) is 4.79 Å². The van der Waals surface area contributed by atoms with Gasteiger partial charge in [0.1, 0.15) is 11.6 Å². The van der Waals surface area contributed by atoms with Gasteiger partial charge in [0.15, 0.2) is 0 Å². The normalized spacial score (nSPS) is 12.2. The number of alkyl halides is 1. The molecule has 2 nitrogen and oxygen atoms in total. The number of nitrogens with one attached hydrogen (secondary N) is 1. The van der Waals surface area contributed by atoms with Gasteiger partial charge in [-0.15, -0.1) is 11.6 Å². The highest BCUT2D eigenvalue weighted by Crippen LogP contribution is 2.08. The van der Waals surface area contributed by atoms with E-state index in [1.165, 1.54) is 0 Å². The van der Waals surface area contributed by atoms with Crippen molar-refractivity contribution in [3.63, 3.8) is 0 Å². The maximum Gasteiger partial charge on any atom is 0.251 e. The first-order valence-corrected chi connectivity index (χ1v) is 5.31. The molecule has 0 saturated heterocycles. The molecular weight excluding hydrogens is 236 g/mol. The van der Waals surface area contributed by atoms with Crippen LogP contribution in [0, 0.1) is 11.6 Å². The summed E-state index contributed by atoms with van der Waals surface area (Å²) in [6.07, 6.45) is 0.602. The zero-order chi connectivity index (χ0) is 12.1. The van der Waals surface area contributed by atoms with E-state index in [-0.39, 0.29) is 10.9 Å². The summed E-state index contributed by atoms with van der Waals surface area (Å²) in [6, 6.07) is 2.70. The van der Waals surface area contributed by atoms with Gasteiger partial charge in [0, 0.05) is 23.6 Å². The Bertz CT molecular complexity index is 362. The summed E-state index contributed by atoms with van der Waals surface area (Å²) in [5, 5.41) is 2.48. The van der Waals surface area contributed by atoms with E-state index in [1.54, 1.807) is 6.92 Å². The number of benzene rings is 1. The fraction of sp³-hybridized carbons (Fsp3) is 0.364. The fourth-order valence-corrected chi connectivity index (χ4v) is 1.28. The molecule has 0 aliphatic carbocycles. The SMILES string of the molecule is CC(Cl)CCNC(=O)c1cc(F)cc(F)c1. The molecule has 1 unspecified atom stereocenters. The van der Waals surface area contributed by atoms with E-state index in [0.717, 1.165) is 18.2 Å². The highest BCUT2D eigenvalue weighted by atomic mass is 35.5. The van der Waals surface area contributed by atoms with Crippen LogP contribution >= 0.6 is 11.6 Å². The summed E-state index contributed by atoms with van der Waals surface area (Å²) in [6.45, 7) is 2.18. The molecule has 1 aromatic rings. The van der Waals surface area contributed by atoms with Crippen LogP contribution in [0.3, 0.4) is 0 Å². The average Bonchev–Trinajstić information content (AvgIpc) is 2.15. The van der Waals surface area contributed by atoms with Crippen LogP contribution in [0.4, 0.5) is 8.78 Å². The molecule has 1 rings (SSSR count). The first kappa shape index (κ1) is 12.9. The second-order valence-corrected chi connectivity index (χ2v) is 4.23. The standard InChI is InChI=1S/C11H12ClF2NO/c1-7(12)2-3-15-11(16)8-4-9(13)6-10(14)5-8/h4-7H,2-3H2,1H3,(H,15,16). The fourth-order valence-electron chi connectivity index (χ4n) is 1.17. The van der Waals surface area contributed by atoms with Gasteiger partial charge in [-0.2, -0.15) is 0 Å². The van der Waals surface area contributed by atoms with Crippen LogP contribution < -0.4 is 5.32 Å². The Hall–Kier alpha value is -1.16. The Kier molecular flexibility index (Phi) is 4.68. The van der Waals surface area contributed by atoms with Gasteiger partial charge in [0.2, 0.25) is 0 Å². The number of halogens is 3. The van der Waals surface area contributed by atoms with Crippen molar-refractivity contribution in [1.82, 2.24) is 5.32 Å². The quantitative estimate of drug-likeness (QED) is 0.815. The Morgan fingerprint density at radius 3 is 2.44 bits per heavy atom. The molecule has 0 bridgehead atoms. The van der Waals surface area contributed by atoms with Gasteiger partial charge in [0.05, 0.1) is 0 Å². The van der Waals surface area contributed by atoms with Gasteiger partial charge in [-0.25, -0.2) is 8.78 Å². The number of amides is 1. The third-order valence-corrected chi connectivity index (χ3v) is 2.17. The Morgan fingerprint density at radius 1 is 1.38 bits per heavy atom. The Morgan fingerprint density at radius 2 is 1.94 bits per heavy atom. The molecule has 0 fully saturated rings. The zero-order valence-electron chi connectivity index (χ0n) is 8.77. The van der Waals surface area contributed by atoms with Crippen LogP contribution in [-0.2, 0) is 0 Å². The minimum atomic E-state index is -0.768. The van der Waals surface area contributed by atoms with E-state index in [9.17, 15) is 13.6 Å². The lowest BCUT2D eigenvalue weighted by Gasteiger charge is -2.06. The average molecular weight is 248 g/mol. The van der Waals surface area contributed by atoms with Crippen molar-refractivity contribution in [1.29, 1.82) is 0 Å². The minimum absolute atomic E-state index is 0.0280. The largest absolute Gasteiger partial charge is 0.352 e. The predicted molar refractivity (Wildman–Crippen MR) is 58.6 cm³/mol. The van der Waals surface area contributed by atoms with Gasteiger partial charge in [0.25, 0.3) is 5.91 Å². The number of carbonyl (C=O) groups is 1. The zero-order valence-corrected chi connectivity index (χ0v) is 9.52. The summed E-state index contributed by atoms with van der Waals surface area (Å²) in [7, 11) is 0. The minimum Gasteiger partial charge on any atom is -0.352 e. The molecule has 0 aliphatic heterocycles. The molecule has 1 N–H and O–H groups in total. The van der Waals surface area contributed by atoms with E-state index in [4.69, 9.17) is 11.6 Å². The van der Waals surface area contributed by atoms with E-state index < -0.39 is 17.5 Å². The van der Waals surface area contributed by atoms with Crippen LogP contribution in [0.5, 0.6) is 0 Å². The van der Waals surface area contributed by atoms with Crippen LogP contribution in [0.25, 0.3) is 0 Å². The number of carbonyl (C=O) groups excluding carboxylic acids is 1. The molecular formula is C11H12ClF2NO. The smallest absolute Gasteiger partial charge is 0.251 e. The van der Waals surface area contributed by atoms with Crippen LogP contribution in [0.1, 0.15) is 23.7 Å². The molecule has 0 radical (unpaired) electrons. The summed E-state index contributed by atoms with van der Waals surface area (Å²) in [4.78, 5) is 11.4. The monoisotopic (exact) mass is 247 g/mol. The maximum absolute atomic E-state index is 12.8. The van der Waals surface area contributed by atoms with Crippen molar-refractivity contribution in [3.8, 4) is 0 Å². The first-order valence-electron chi connectivity index (χ1n) is 4.87. The predicted octanol–water partition coefficient (Wildman–Crippen LogP) is 2.71. The van der Waals surface area contributed by atoms with Crippen molar-refractivity contribution in [2.45, 2.75) is 18.7 Å². The lowest BCUT2D eigenvalue weighted by atomic mass is 10.2. The third kappa shape index (κ3) is 4.14. The summed E-state index contributed by atoms with van der Waals surface area (Å²) >= 11 is 5.69. The van der Waals surface area contributed by atoms with Crippen molar-refractivity contribution in [2.75, 3.05) is 6.54 Å². The molecule has 0 heterocycles. The van der Waals surface area contributed by atoms with E-state index in [0.29, 0.717) is 13.0 Å². The highest BCUT2D eigenvalue weighted by Gasteiger charge is 2.08. The number of rotatable bonds is 4. The second kappa shape index (κ2) is 5.80. The van der Waals surface area contributed by atoms with Gasteiger partial charge < -0.3 is 5.32 Å². The second-order valence-electron chi connectivity index (χ2n) is 3.48. The van der Waals surface area contributed by atoms with Crippen molar-refractivity contribution < 1.29 is 13.6 Å². The topological polar surface area (TPSA) is 29.1 Å². The van der Waals surface area contributed by atoms with Crippen molar-refractivity contribution in [2.24, 2.45) is 0 Å². The van der Waals surface area contributed by atoms with Crippen LogP contribution in [-0.4, -0.2) is 17.8 Å². The van der Waals surface area contributed by atoms with Gasteiger partial charge >= 0.3 is 0 Å². The third-order valence-electron chi connectivity index (χ3n) is 1.95. The number of hydrogen-bond acceptors (Lipinski definition) is 1. The molecule has 1 atom stereocenters. The first-order chi connectivity index (χ1) is 7.49. The molecule has 1 amide bonds. The van der Waals surface area contributed by atoms with Crippen molar-refractivity contribution in [3.05, 3.63) is 35.4 Å². The van der Waals surface area contributed by atoms with Crippen LogP contribution in [0.15, 0.2) is 18.2 Å².